The van der Waals surface area contributed by atoms with Gasteiger partial charge in [-0.1, -0.05) is 26.0 Å². The Morgan fingerprint density at radius 1 is 1.29 bits per heavy atom. The third kappa shape index (κ3) is 4.98. The van der Waals surface area contributed by atoms with Crippen molar-refractivity contribution in [3.63, 3.8) is 0 Å². The standard InChI is InChI=1S/C18H27N3O2S/c1-4-19-17(22)12-20(5-2)13-18(23)21-11-10-14(3)24-16-9-7-6-8-15(16)21/h6-9,14H,4-5,10-13H2,1-3H3,(H,19,22)/t14-/m0/s1. The van der Waals surface area contributed by atoms with Gasteiger partial charge in [0.25, 0.3) is 0 Å². The molecule has 1 aromatic carbocycles. The van der Waals surface area contributed by atoms with Crippen molar-refractivity contribution >= 4 is 29.3 Å². The normalized spacial score (nSPS) is 17.3. The van der Waals surface area contributed by atoms with Crippen LogP contribution in [-0.4, -0.2) is 54.7 Å². The molecule has 0 saturated carbocycles. The summed E-state index contributed by atoms with van der Waals surface area (Å²) >= 11 is 1.82. The van der Waals surface area contributed by atoms with Gasteiger partial charge >= 0.3 is 0 Å². The molecule has 2 amide bonds. The van der Waals surface area contributed by atoms with Crippen LogP contribution in [0.2, 0.25) is 0 Å². The SMILES string of the molecule is CCNC(=O)CN(CC)CC(=O)N1CC[C@H](C)Sc2ccccc21. The lowest BCUT2D eigenvalue weighted by molar-refractivity contribution is -0.123. The minimum Gasteiger partial charge on any atom is -0.355 e. The van der Waals surface area contributed by atoms with E-state index in [1.165, 1.54) is 0 Å². The topological polar surface area (TPSA) is 52.7 Å². The molecule has 0 aromatic heterocycles. The van der Waals surface area contributed by atoms with Crippen LogP contribution in [0.25, 0.3) is 0 Å². The number of amides is 2. The molecule has 1 aliphatic rings. The summed E-state index contributed by atoms with van der Waals surface area (Å²) in [6, 6.07) is 8.08. The Morgan fingerprint density at radius 3 is 2.75 bits per heavy atom. The molecule has 1 N–H and O–H groups in total. The Labute approximate surface area is 148 Å². The molecule has 0 saturated heterocycles. The van der Waals surface area contributed by atoms with Crippen LogP contribution in [0, 0.1) is 0 Å². The van der Waals surface area contributed by atoms with E-state index in [2.05, 4.69) is 18.3 Å². The van der Waals surface area contributed by atoms with Gasteiger partial charge in [0.2, 0.25) is 11.8 Å². The molecule has 0 radical (unpaired) electrons. The minimum atomic E-state index is -0.0346. The number of fused-ring (bicyclic) bond motifs is 1. The number of likely N-dealkylation sites (N-methyl/N-ethyl adjacent to an activating group) is 2. The van der Waals surface area contributed by atoms with E-state index in [0.29, 0.717) is 18.3 Å². The highest BCUT2D eigenvalue weighted by Gasteiger charge is 2.25. The Balaban J connectivity index is 2.09. The first-order valence-electron chi connectivity index (χ1n) is 8.60. The second-order valence-electron chi connectivity index (χ2n) is 5.99. The first-order valence-corrected chi connectivity index (χ1v) is 9.48. The van der Waals surface area contributed by atoms with Gasteiger partial charge in [-0.25, -0.2) is 0 Å². The van der Waals surface area contributed by atoms with E-state index < -0.39 is 0 Å². The highest BCUT2D eigenvalue weighted by molar-refractivity contribution is 8.00. The number of para-hydroxylation sites is 1. The van der Waals surface area contributed by atoms with E-state index in [1.54, 1.807) is 0 Å². The maximum atomic E-state index is 12.9. The molecule has 0 spiro atoms. The summed E-state index contributed by atoms with van der Waals surface area (Å²) in [5.41, 5.74) is 0.992. The van der Waals surface area contributed by atoms with Crippen LogP contribution in [0.3, 0.4) is 0 Å². The smallest absolute Gasteiger partial charge is 0.241 e. The number of benzene rings is 1. The second kappa shape index (κ2) is 9.08. The summed E-state index contributed by atoms with van der Waals surface area (Å²) in [5, 5.41) is 3.27. The number of thioether (sulfide) groups is 1. The molecule has 0 fully saturated rings. The zero-order valence-corrected chi connectivity index (χ0v) is 15.6. The molecule has 5 nitrogen and oxygen atoms in total. The van der Waals surface area contributed by atoms with Gasteiger partial charge in [0.15, 0.2) is 0 Å². The monoisotopic (exact) mass is 349 g/mol. The zero-order chi connectivity index (χ0) is 17.5. The number of carbonyl (C=O) groups is 2. The lowest BCUT2D eigenvalue weighted by Crippen LogP contribution is -2.44. The van der Waals surface area contributed by atoms with E-state index in [-0.39, 0.29) is 24.9 Å². The highest BCUT2D eigenvalue weighted by Crippen LogP contribution is 2.37. The lowest BCUT2D eigenvalue weighted by Gasteiger charge is -2.26. The molecule has 2 rings (SSSR count). The molecule has 0 unspecified atom stereocenters. The van der Waals surface area contributed by atoms with Crippen LogP contribution in [0.15, 0.2) is 29.2 Å². The maximum absolute atomic E-state index is 12.9. The molecule has 1 aliphatic heterocycles. The number of anilines is 1. The van der Waals surface area contributed by atoms with Gasteiger partial charge in [-0.05, 0) is 32.0 Å². The molecule has 0 bridgehead atoms. The molecular formula is C18H27N3O2S. The summed E-state index contributed by atoms with van der Waals surface area (Å²) in [5.74, 6) is 0.0240. The number of hydrogen-bond acceptors (Lipinski definition) is 4. The molecule has 1 atom stereocenters. The van der Waals surface area contributed by atoms with Crippen molar-refractivity contribution in [2.45, 2.75) is 37.3 Å². The van der Waals surface area contributed by atoms with Crippen LogP contribution in [0.1, 0.15) is 27.2 Å². The number of nitrogens with one attached hydrogen (secondary N) is 1. The van der Waals surface area contributed by atoms with Gasteiger partial charge in [0.1, 0.15) is 0 Å². The van der Waals surface area contributed by atoms with Crippen molar-refractivity contribution in [2.75, 3.05) is 37.6 Å². The summed E-state index contributed by atoms with van der Waals surface area (Å²) < 4.78 is 0. The van der Waals surface area contributed by atoms with Crippen molar-refractivity contribution in [1.29, 1.82) is 0 Å². The summed E-state index contributed by atoms with van der Waals surface area (Å²) in [6.07, 6.45) is 0.966. The fourth-order valence-electron chi connectivity index (χ4n) is 2.76. The van der Waals surface area contributed by atoms with E-state index in [0.717, 1.165) is 23.5 Å². The fourth-order valence-corrected chi connectivity index (χ4v) is 3.87. The first kappa shape index (κ1) is 18.8. The van der Waals surface area contributed by atoms with Crippen molar-refractivity contribution in [2.24, 2.45) is 0 Å². The lowest BCUT2D eigenvalue weighted by atomic mass is 10.2. The third-order valence-electron chi connectivity index (χ3n) is 4.09. The van der Waals surface area contributed by atoms with E-state index in [9.17, 15) is 9.59 Å². The highest BCUT2D eigenvalue weighted by atomic mass is 32.2. The van der Waals surface area contributed by atoms with Gasteiger partial charge < -0.3 is 10.2 Å². The predicted molar refractivity (Wildman–Crippen MR) is 99.5 cm³/mol. The average molecular weight is 350 g/mol. The predicted octanol–water partition coefficient (Wildman–Crippen LogP) is 2.36. The fraction of sp³-hybridized carbons (Fsp3) is 0.556. The zero-order valence-electron chi connectivity index (χ0n) is 14.7. The number of rotatable bonds is 6. The van der Waals surface area contributed by atoms with Gasteiger partial charge in [-0.2, -0.15) is 0 Å². The van der Waals surface area contributed by atoms with Gasteiger partial charge in [0.05, 0.1) is 18.8 Å². The van der Waals surface area contributed by atoms with E-state index >= 15 is 0 Å². The Kier molecular flexibility index (Phi) is 7.12. The summed E-state index contributed by atoms with van der Waals surface area (Å²) in [6.45, 7) is 8.60. The number of nitrogens with zero attached hydrogens (tertiary/aromatic N) is 2. The van der Waals surface area contributed by atoms with Crippen LogP contribution in [0.5, 0.6) is 0 Å². The van der Waals surface area contributed by atoms with Gasteiger partial charge in [-0.3, -0.25) is 14.5 Å². The third-order valence-corrected chi connectivity index (χ3v) is 5.33. The maximum Gasteiger partial charge on any atom is 0.241 e. The van der Waals surface area contributed by atoms with Crippen LogP contribution in [0.4, 0.5) is 5.69 Å². The summed E-state index contributed by atoms with van der Waals surface area (Å²) in [7, 11) is 0. The van der Waals surface area contributed by atoms with Crippen LogP contribution < -0.4 is 10.2 Å². The largest absolute Gasteiger partial charge is 0.355 e. The summed E-state index contributed by atoms with van der Waals surface area (Å²) in [4.78, 5) is 29.6. The first-order chi connectivity index (χ1) is 11.5. The van der Waals surface area contributed by atoms with Gasteiger partial charge in [-0.15, -0.1) is 11.8 Å². The molecular weight excluding hydrogens is 322 g/mol. The van der Waals surface area contributed by atoms with E-state index in [4.69, 9.17) is 0 Å². The quantitative estimate of drug-likeness (QED) is 0.857. The van der Waals surface area contributed by atoms with E-state index in [1.807, 2.05) is 53.6 Å². The van der Waals surface area contributed by atoms with Gasteiger partial charge in [0, 0.05) is 23.2 Å². The number of hydrogen-bond donors (Lipinski definition) is 1. The van der Waals surface area contributed by atoms with Crippen molar-refractivity contribution < 1.29 is 9.59 Å². The van der Waals surface area contributed by atoms with Crippen LogP contribution in [-0.2, 0) is 9.59 Å². The molecule has 24 heavy (non-hydrogen) atoms. The minimum absolute atomic E-state index is 0.0346. The average Bonchev–Trinajstić information content (AvgIpc) is 2.72. The molecule has 6 heteroatoms. The molecule has 132 valence electrons. The second-order valence-corrected chi connectivity index (χ2v) is 7.47. The molecule has 1 heterocycles. The van der Waals surface area contributed by atoms with Crippen LogP contribution >= 0.6 is 11.8 Å². The Morgan fingerprint density at radius 2 is 2.04 bits per heavy atom. The van der Waals surface area contributed by atoms with Crippen molar-refractivity contribution in [3.8, 4) is 0 Å². The molecule has 0 aliphatic carbocycles. The number of carbonyl (C=O) groups excluding carboxylic acids is 2. The van der Waals surface area contributed by atoms with Crippen molar-refractivity contribution in [1.82, 2.24) is 10.2 Å². The molecule has 1 aromatic rings. The Hall–Kier alpha value is -1.53. The Bertz CT molecular complexity index is 579. The van der Waals surface area contributed by atoms with Crippen molar-refractivity contribution in [3.05, 3.63) is 24.3 Å².